The zero-order valence-corrected chi connectivity index (χ0v) is 12.8. The number of rotatable bonds is 7. The number of hydrogen-bond acceptors (Lipinski definition) is 5. The molecule has 1 unspecified atom stereocenters. The van der Waals surface area contributed by atoms with Gasteiger partial charge in [-0.2, -0.15) is 0 Å². The first kappa shape index (κ1) is 16.2. The van der Waals surface area contributed by atoms with E-state index in [1.165, 1.54) is 0 Å². The maximum atomic E-state index is 6.53. The summed E-state index contributed by atoms with van der Waals surface area (Å²) in [5.74, 6) is 0.796. The molecule has 0 aromatic heterocycles. The molecule has 2 rings (SSSR count). The van der Waals surface area contributed by atoms with Gasteiger partial charge in [-0.1, -0.05) is 18.2 Å². The molecule has 5 nitrogen and oxygen atoms in total. The van der Waals surface area contributed by atoms with Crippen LogP contribution in [-0.2, 0) is 14.2 Å². The van der Waals surface area contributed by atoms with Crippen molar-refractivity contribution in [3.8, 4) is 5.75 Å². The predicted molar refractivity (Wildman–Crippen MR) is 80.5 cm³/mol. The van der Waals surface area contributed by atoms with Crippen molar-refractivity contribution in [2.24, 2.45) is 5.73 Å². The smallest absolute Gasteiger partial charge is 0.124 e. The SMILES string of the molecule is COCCOc1ccccc1C(N)C1(OC)CCOCC1. The van der Waals surface area contributed by atoms with Gasteiger partial charge in [0.2, 0.25) is 0 Å². The van der Waals surface area contributed by atoms with Crippen molar-refractivity contribution < 1.29 is 18.9 Å². The van der Waals surface area contributed by atoms with Crippen molar-refractivity contribution >= 4 is 0 Å². The van der Waals surface area contributed by atoms with Crippen molar-refractivity contribution in [1.82, 2.24) is 0 Å². The molecule has 1 atom stereocenters. The molecule has 1 fully saturated rings. The second-order valence-corrected chi connectivity index (χ2v) is 5.24. The molecule has 2 N–H and O–H groups in total. The van der Waals surface area contributed by atoms with Crippen LogP contribution in [0.3, 0.4) is 0 Å². The number of para-hydroxylation sites is 1. The Labute approximate surface area is 126 Å². The maximum absolute atomic E-state index is 6.53. The molecular weight excluding hydrogens is 270 g/mol. The fraction of sp³-hybridized carbons (Fsp3) is 0.625. The normalized spacial score (nSPS) is 19.2. The Morgan fingerprint density at radius 2 is 1.90 bits per heavy atom. The van der Waals surface area contributed by atoms with Gasteiger partial charge in [0.25, 0.3) is 0 Å². The summed E-state index contributed by atoms with van der Waals surface area (Å²) in [6.45, 7) is 2.40. The summed E-state index contributed by atoms with van der Waals surface area (Å²) < 4.78 is 22.0. The molecule has 1 aromatic carbocycles. The van der Waals surface area contributed by atoms with E-state index in [1.807, 2.05) is 24.3 Å². The standard InChI is InChI=1S/C16H25NO4/c1-18-11-12-21-14-6-4-3-5-13(14)15(17)16(19-2)7-9-20-10-8-16/h3-6,15H,7-12,17H2,1-2H3. The lowest BCUT2D eigenvalue weighted by atomic mass is 9.82. The van der Waals surface area contributed by atoms with E-state index in [4.69, 9.17) is 24.7 Å². The second-order valence-electron chi connectivity index (χ2n) is 5.24. The zero-order chi connectivity index (χ0) is 15.1. The Morgan fingerprint density at radius 3 is 2.57 bits per heavy atom. The van der Waals surface area contributed by atoms with Gasteiger partial charge in [0.1, 0.15) is 12.4 Å². The molecule has 1 aliphatic heterocycles. The number of methoxy groups -OCH3 is 2. The maximum Gasteiger partial charge on any atom is 0.124 e. The van der Waals surface area contributed by atoms with Crippen LogP contribution in [-0.4, -0.2) is 46.2 Å². The Kier molecular flexibility index (Phi) is 5.99. The summed E-state index contributed by atoms with van der Waals surface area (Å²) in [5.41, 5.74) is 7.11. The molecule has 21 heavy (non-hydrogen) atoms. The van der Waals surface area contributed by atoms with Gasteiger partial charge in [0.15, 0.2) is 0 Å². The molecule has 0 amide bonds. The average Bonchev–Trinajstić information content (AvgIpc) is 2.55. The van der Waals surface area contributed by atoms with Crippen LogP contribution in [0.15, 0.2) is 24.3 Å². The third kappa shape index (κ3) is 3.74. The number of hydrogen-bond donors (Lipinski definition) is 1. The molecule has 0 saturated carbocycles. The minimum absolute atomic E-state index is 0.245. The third-order valence-electron chi connectivity index (χ3n) is 4.11. The van der Waals surface area contributed by atoms with Crippen LogP contribution in [0.25, 0.3) is 0 Å². The monoisotopic (exact) mass is 295 g/mol. The summed E-state index contributed by atoms with van der Waals surface area (Å²) in [6.07, 6.45) is 1.58. The summed E-state index contributed by atoms with van der Waals surface area (Å²) in [5, 5.41) is 0. The molecule has 0 radical (unpaired) electrons. The lowest BCUT2D eigenvalue weighted by Gasteiger charge is -2.41. The Balaban J connectivity index is 2.18. The lowest BCUT2D eigenvalue weighted by molar-refractivity contribution is -0.105. The van der Waals surface area contributed by atoms with E-state index in [0.717, 1.165) is 24.2 Å². The predicted octanol–water partition coefficient (Wildman–Crippen LogP) is 1.91. The Morgan fingerprint density at radius 1 is 1.19 bits per heavy atom. The zero-order valence-electron chi connectivity index (χ0n) is 12.8. The average molecular weight is 295 g/mol. The molecule has 5 heteroatoms. The molecule has 1 aromatic rings. The van der Waals surface area contributed by atoms with Crippen molar-refractivity contribution in [3.05, 3.63) is 29.8 Å². The van der Waals surface area contributed by atoms with Crippen molar-refractivity contribution in [2.45, 2.75) is 24.5 Å². The topological polar surface area (TPSA) is 62.9 Å². The summed E-state index contributed by atoms with van der Waals surface area (Å²) in [6, 6.07) is 7.62. The molecule has 1 aliphatic rings. The van der Waals surface area contributed by atoms with Gasteiger partial charge in [-0.15, -0.1) is 0 Å². The van der Waals surface area contributed by atoms with E-state index in [0.29, 0.717) is 26.4 Å². The minimum Gasteiger partial charge on any atom is -0.491 e. The fourth-order valence-electron chi connectivity index (χ4n) is 2.75. The van der Waals surface area contributed by atoms with E-state index < -0.39 is 0 Å². The van der Waals surface area contributed by atoms with Gasteiger partial charge in [0, 0.05) is 45.8 Å². The van der Waals surface area contributed by atoms with Gasteiger partial charge in [-0.05, 0) is 6.07 Å². The van der Waals surface area contributed by atoms with E-state index in [2.05, 4.69) is 0 Å². The molecule has 0 bridgehead atoms. The van der Waals surface area contributed by atoms with E-state index in [-0.39, 0.29) is 11.6 Å². The van der Waals surface area contributed by atoms with Crippen molar-refractivity contribution in [3.63, 3.8) is 0 Å². The van der Waals surface area contributed by atoms with Crippen LogP contribution >= 0.6 is 0 Å². The highest BCUT2D eigenvalue weighted by molar-refractivity contribution is 5.37. The summed E-state index contributed by atoms with van der Waals surface area (Å²) >= 11 is 0. The van der Waals surface area contributed by atoms with Gasteiger partial charge < -0.3 is 24.7 Å². The molecule has 0 spiro atoms. The first-order valence-electron chi connectivity index (χ1n) is 7.32. The number of ether oxygens (including phenoxy) is 4. The Bertz CT molecular complexity index is 432. The van der Waals surface area contributed by atoms with Crippen LogP contribution < -0.4 is 10.5 Å². The number of nitrogens with two attached hydrogens (primary N) is 1. The van der Waals surface area contributed by atoms with Crippen LogP contribution in [0, 0.1) is 0 Å². The number of benzene rings is 1. The fourth-order valence-corrected chi connectivity index (χ4v) is 2.75. The van der Waals surface area contributed by atoms with E-state index >= 15 is 0 Å². The van der Waals surface area contributed by atoms with Crippen LogP contribution in [0.4, 0.5) is 0 Å². The van der Waals surface area contributed by atoms with Crippen molar-refractivity contribution in [2.75, 3.05) is 40.6 Å². The van der Waals surface area contributed by atoms with Gasteiger partial charge >= 0.3 is 0 Å². The van der Waals surface area contributed by atoms with Crippen LogP contribution in [0.1, 0.15) is 24.4 Å². The summed E-state index contributed by atoms with van der Waals surface area (Å²) in [7, 11) is 3.38. The molecule has 1 heterocycles. The van der Waals surface area contributed by atoms with E-state index in [9.17, 15) is 0 Å². The van der Waals surface area contributed by atoms with Gasteiger partial charge in [0.05, 0.1) is 18.2 Å². The third-order valence-corrected chi connectivity index (χ3v) is 4.11. The van der Waals surface area contributed by atoms with Gasteiger partial charge in [-0.3, -0.25) is 0 Å². The largest absolute Gasteiger partial charge is 0.491 e. The minimum atomic E-state index is -0.390. The Hall–Kier alpha value is -1.14. The van der Waals surface area contributed by atoms with Crippen molar-refractivity contribution in [1.29, 1.82) is 0 Å². The first-order valence-corrected chi connectivity index (χ1v) is 7.32. The highest BCUT2D eigenvalue weighted by Gasteiger charge is 2.40. The van der Waals surface area contributed by atoms with Crippen LogP contribution in [0.5, 0.6) is 5.75 Å². The molecule has 0 aliphatic carbocycles. The second kappa shape index (κ2) is 7.75. The summed E-state index contributed by atoms with van der Waals surface area (Å²) in [4.78, 5) is 0. The van der Waals surface area contributed by atoms with Gasteiger partial charge in [-0.25, -0.2) is 0 Å². The highest BCUT2D eigenvalue weighted by Crippen LogP contribution is 2.38. The quantitative estimate of drug-likeness (QED) is 0.779. The highest BCUT2D eigenvalue weighted by atomic mass is 16.5. The molecule has 118 valence electrons. The lowest BCUT2D eigenvalue weighted by Crippen LogP contribution is -2.47. The van der Waals surface area contributed by atoms with E-state index in [1.54, 1.807) is 14.2 Å². The van der Waals surface area contributed by atoms with Crippen LogP contribution in [0.2, 0.25) is 0 Å². The molecule has 1 saturated heterocycles. The molecular formula is C16H25NO4. The first-order chi connectivity index (χ1) is 10.2.